The largest absolute Gasteiger partial charge is 0.480 e. The first-order chi connectivity index (χ1) is 7.13. The number of carbonyl (C=O) groups is 2. The summed E-state index contributed by atoms with van der Waals surface area (Å²) in [7, 11) is 0. The van der Waals surface area contributed by atoms with E-state index in [0.29, 0.717) is 18.8 Å². The van der Waals surface area contributed by atoms with Gasteiger partial charge < -0.3 is 10.4 Å². The molecule has 0 aromatic rings. The van der Waals surface area contributed by atoms with Crippen LogP contribution in [0.15, 0.2) is 0 Å². The molecule has 0 radical (unpaired) electrons. The predicted molar refractivity (Wildman–Crippen MR) is 56.4 cm³/mol. The zero-order valence-electron chi connectivity index (χ0n) is 9.16. The van der Waals surface area contributed by atoms with Crippen molar-refractivity contribution in [1.29, 1.82) is 0 Å². The van der Waals surface area contributed by atoms with Crippen molar-refractivity contribution >= 4 is 11.9 Å². The van der Waals surface area contributed by atoms with Crippen LogP contribution in [-0.4, -0.2) is 23.0 Å². The Morgan fingerprint density at radius 2 is 2.00 bits per heavy atom. The lowest BCUT2D eigenvalue weighted by molar-refractivity contribution is -0.142. The van der Waals surface area contributed by atoms with Crippen molar-refractivity contribution < 1.29 is 14.7 Å². The van der Waals surface area contributed by atoms with Gasteiger partial charge in [0.05, 0.1) is 0 Å². The third-order valence-electron chi connectivity index (χ3n) is 2.99. The van der Waals surface area contributed by atoms with Crippen molar-refractivity contribution in [3.8, 4) is 0 Å². The van der Waals surface area contributed by atoms with E-state index in [4.69, 9.17) is 5.11 Å². The first kappa shape index (κ1) is 12.0. The predicted octanol–water partition coefficient (Wildman–Crippen LogP) is 1.55. The molecule has 1 atom stereocenters. The van der Waals surface area contributed by atoms with Gasteiger partial charge in [0.15, 0.2) is 0 Å². The highest BCUT2D eigenvalue weighted by Crippen LogP contribution is 2.27. The molecule has 15 heavy (non-hydrogen) atoms. The van der Waals surface area contributed by atoms with Crippen LogP contribution in [0.2, 0.25) is 0 Å². The Morgan fingerprint density at radius 3 is 2.47 bits per heavy atom. The number of carbonyl (C=O) groups excluding carboxylic acids is 1. The van der Waals surface area contributed by atoms with E-state index in [0.717, 1.165) is 12.8 Å². The minimum atomic E-state index is -0.947. The van der Waals surface area contributed by atoms with E-state index in [1.54, 1.807) is 6.92 Å². The maximum atomic E-state index is 11.5. The number of hydrogen-bond donors (Lipinski definition) is 2. The summed E-state index contributed by atoms with van der Waals surface area (Å²) in [6.45, 7) is 1.76. The fraction of sp³-hybridized carbons (Fsp3) is 0.818. The highest BCUT2D eigenvalue weighted by Gasteiger charge is 2.22. The van der Waals surface area contributed by atoms with Gasteiger partial charge in [0, 0.05) is 6.42 Å². The third kappa shape index (κ3) is 3.90. The Balaban J connectivity index is 2.30. The zero-order valence-corrected chi connectivity index (χ0v) is 9.16. The number of nitrogens with one attached hydrogen (secondary N) is 1. The maximum Gasteiger partial charge on any atom is 0.326 e. The lowest BCUT2D eigenvalue weighted by Crippen LogP contribution is -2.40. The fourth-order valence-electron chi connectivity index (χ4n) is 2.07. The first-order valence-electron chi connectivity index (χ1n) is 5.65. The Bertz CT molecular complexity index is 234. The summed E-state index contributed by atoms with van der Waals surface area (Å²) in [6.07, 6.45) is 5.55. The second-order valence-electron chi connectivity index (χ2n) is 4.22. The van der Waals surface area contributed by atoms with Crippen molar-refractivity contribution in [3.63, 3.8) is 0 Å². The molecule has 4 nitrogen and oxygen atoms in total. The molecule has 0 bridgehead atoms. The van der Waals surface area contributed by atoms with Crippen molar-refractivity contribution in [2.75, 3.05) is 0 Å². The van der Waals surface area contributed by atoms with Gasteiger partial charge in [0.1, 0.15) is 6.04 Å². The second kappa shape index (κ2) is 5.73. The Morgan fingerprint density at radius 1 is 1.40 bits per heavy atom. The van der Waals surface area contributed by atoms with Crippen molar-refractivity contribution in [1.82, 2.24) is 5.32 Å². The number of rotatable bonds is 5. The molecule has 2 N–H and O–H groups in total. The van der Waals surface area contributed by atoms with E-state index in [1.807, 2.05) is 0 Å². The number of amides is 1. The summed E-state index contributed by atoms with van der Waals surface area (Å²) in [5.41, 5.74) is 0. The number of aliphatic carboxylic acids is 1. The van der Waals surface area contributed by atoms with Gasteiger partial charge in [-0.25, -0.2) is 4.79 Å². The van der Waals surface area contributed by atoms with Gasteiger partial charge in [-0.2, -0.15) is 0 Å². The molecule has 0 aromatic carbocycles. The molecular weight excluding hydrogens is 194 g/mol. The van der Waals surface area contributed by atoms with E-state index in [1.165, 1.54) is 12.8 Å². The molecular formula is C11H19NO3. The normalized spacial score (nSPS) is 18.7. The maximum absolute atomic E-state index is 11.5. The summed E-state index contributed by atoms with van der Waals surface area (Å²) in [6, 6.07) is -0.723. The van der Waals surface area contributed by atoms with Crippen molar-refractivity contribution in [2.45, 2.75) is 51.5 Å². The van der Waals surface area contributed by atoms with E-state index in [9.17, 15) is 9.59 Å². The summed E-state index contributed by atoms with van der Waals surface area (Å²) < 4.78 is 0. The molecule has 0 unspecified atom stereocenters. The van der Waals surface area contributed by atoms with Crippen molar-refractivity contribution in [3.05, 3.63) is 0 Å². The minimum Gasteiger partial charge on any atom is -0.480 e. The van der Waals surface area contributed by atoms with Crippen LogP contribution in [0.5, 0.6) is 0 Å². The van der Waals surface area contributed by atoms with E-state index >= 15 is 0 Å². The van der Waals surface area contributed by atoms with Crippen LogP contribution in [0.3, 0.4) is 0 Å². The molecule has 0 saturated heterocycles. The highest BCUT2D eigenvalue weighted by molar-refractivity contribution is 5.83. The summed E-state index contributed by atoms with van der Waals surface area (Å²) in [5.74, 6) is -0.593. The fourth-order valence-corrected chi connectivity index (χ4v) is 2.07. The molecule has 86 valence electrons. The molecule has 0 spiro atoms. The van der Waals surface area contributed by atoms with E-state index in [-0.39, 0.29) is 5.91 Å². The summed E-state index contributed by atoms with van der Waals surface area (Å²) in [4.78, 5) is 22.2. The quantitative estimate of drug-likeness (QED) is 0.728. The smallest absolute Gasteiger partial charge is 0.326 e. The molecule has 1 saturated carbocycles. The van der Waals surface area contributed by atoms with Crippen LogP contribution in [0.1, 0.15) is 45.4 Å². The average Bonchev–Trinajstić information content (AvgIpc) is 2.66. The molecule has 1 aliphatic rings. The van der Waals surface area contributed by atoms with Gasteiger partial charge >= 0.3 is 5.97 Å². The monoisotopic (exact) mass is 213 g/mol. The van der Waals surface area contributed by atoms with Crippen molar-refractivity contribution in [2.24, 2.45) is 5.92 Å². The molecule has 1 rings (SSSR count). The topological polar surface area (TPSA) is 66.4 Å². The lowest BCUT2D eigenvalue weighted by atomic mass is 10.0. The van der Waals surface area contributed by atoms with Gasteiger partial charge in [-0.05, 0) is 25.2 Å². The van der Waals surface area contributed by atoms with Gasteiger partial charge in [-0.1, -0.05) is 19.8 Å². The average molecular weight is 213 g/mol. The van der Waals surface area contributed by atoms with Gasteiger partial charge in [-0.15, -0.1) is 0 Å². The van der Waals surface area contributed by atoms with Crippen LogP contribution in [-0.2, 0) is 9.59 Å². The number of hydrogen-bond acceptors (Lipinski definition) is 2. The molecule has 1 fully saturated rings. The second-order valence-corrected chi connectivity index (χ2v) is 4.22. The van der Waals surface area contributed by atoms with Gasteiger partial charge in [0.2, 0.25) is 5.91 Å². The van der Waals surface area contributed by atoms with E-state index < -0.39 is 12.0 Å². The molecule has 0 aliphatic heterocycles. The van der Waals surface area contributed by atoms with Crippen LogP contribution >= 0.6 is 0 Å². The standard InChI is InChI=1S/C11H19NO3/c1-2-9(11(14)15)12-10(13)7-8-5-3-4-6-8/h8-9H,2-7H2,1H3,(H,12,13)(H,14,15)/t9-/m1/s1. The molecule has 1 amide bonds. The van der Waals surface area contributed by atoms with Crippen LogP contribution in [0, 0.1) is 5.92 Å². The van der Waals surface area contributed by atoms with Gasteiger partial charge in [-0.3, -0.25) is 4.79 Å². The zero-order chi connectivity index (χ0) is 11.3. The third-order valence-corrected chi connectivity index (χ3v) is 2.99. The summed E-state index contributed by atoms with van der Waals surface area (Å²) in [5, 5.41) is 11.3. The lowest BCUT2D eigenvalue weighted by Gasteiger charge is -2.14. The highest BCUT2D eigenvalue weighted by atomic mass is 16.4. The first-order valence-corrected chi connectivity index (χ1v) is 5.65. The Hall–Kier alpha value is -1.06. The van der Waals surface area contributed by atoms with Gasteiger partial charge in [0.25, 0.3) is 0 Å². The number of carboxylic acid groups (broad SMARTS) is 1. The molecule has 1 aliphatic carbocycles. The SMILES string of the molecule is CC[C@@H](NC(=O)CC1CCCC1)C(=O)O. The minimum absolute atomic E-state index is 0.115. The Kier molecular flexibility index (Phi) is 4.59. The molecule has 0 aromatic heterocycles. The Labute approximate surface area is 90.0 Å². The van der Waals surface area contributed by atoms with Crippen LogP contribution in [0.4, 0.5) is 0 Å². The van der Waals surface area contributed by atoms with E-state index in [2.05, 4.69) is 5.32 Å². The molecule has 4 heteroatoms. The summed E-state index contributed by atoms with van der Waals surface area (Å²) >= 11 is 0. The molecule has 0 heterocycles. The van der Waals surface area contributed by atoms with Crippen LogP contribution < -0.4 is 5.32 Å². The van der Waals surface area contributed by atoms with Crippen LogP contribution in [0.25, 0.3) is 0 Å². The number of carboxylic acids is 1.